The van der Waals surface area contributed by atoms with Gasteiger partial charge in [-0.3, -0.25) is 0 Å². The topological polar surface area (TPSA) is 52.7 Å². The van der Waals surface area contributed by atoms with Gasteiger partial charge in [0.1, 0.15) is 11.2 Å². The highest BCUT2D eigenvalue weighted by molar-refractivity contribution is 6.13. The van der Waals surface area contributed by atoms with E-state index in [-0.39, 0.29) is 5.92 Å². The van der Waals surface area contributed by atoms with Crippen molar-refractivity contribution in [2.45, 2.75) is 51.9 Å². The van der Waals surface area contributed by atoms with E-state index in [0.29, 0.717) is 0 Å². The van der Waals surface area contributed by atoms with Crippen molar-refractivity contribution in [1.82, 2.24) is 19.1 Å². The van der Waals surface area contributed by atoms with Crippen LogP contribution in [-0.4, -0.2) is 20.7 Å². The van der Waals surface area contributed by atoms with E-state index in [1.165, 1.54) is 136 Å². The van der Waals surface area contributed by atoms with Gasteiger partial charge in [-0.15, -0.1) is 0 Å². The molecule has 4 aromatic heterocycles. The zero-order valence-electron chi connectivity index (χ0n) is 37.1. The van der Waals surface area contributed by atoms with Gasteiger partial charge in [0.15, 0.2) is 6.21 Å². The van der Waals surface area contributed by atoms with Gasteiger partial charge in [0.2, 0.25) is 11.4 Å². The predicted octanol–water partition coefficient (Wildman–Crippen LogP) is 14.4. The number of hydrogen-bond donors (Lipinski definition) is 2. The molecule has 5 nitrogen and oxygen atoms in total. The minimum atomic E-state index is 0.196. The molecule has 0 amide bonds. The molecule has 0 spiro atoms. The molecule has 1 aliphatic heterocycles. The Morgan fingerprint density at radius 3 is 2.15 bits per heavy atom. The maximum absolute atomic E-state index is 6.87. The fourth-order valence-electron chi connectivity index (χ4n) is 11.8. The molecule has 5 heterocycles. The number of fused-ring (bicyclic) bond motifs is 13. The van der Waals surface area contributed by atoms with E-state index in [2.05, 4.69) is 203 Å². The Hall–Kier alpha value is -7.89. The first-order valence-corrected chi connectivity index (χ1v) is 23.6. The average molecular weight is 852 g/mol. The molecule has 2 aliphatic carbocycles. The van der Waals surface area contributed by atoms with Crippen LogP contribution in [0.25, 0.3) is 112 Å². The molecule has 11 aromatic rings. The molecule has 0 radical (unpaired) electrons. The van der Waals surface area contributed by atoms with Crippen LogP contribution in [0.4, 0.5) is 11.4 Å². The van der Waals surface area contributed by atoms with Gasteiger partial charge < -0.3 is 19.0 Å². The number of aromatic nitrogens is 3. The number of H-pyrrole nitrogens is 2. The smallest absolute Gasteiger partial charge is 0.219 e. The minimum Gasteiger partial charge on any atom is -0.460 e. The third-order valence-corrected chi connectivity index (χ3v) is 14.9. The number of hydrogen-bond acceptors (Lipinski definition) is 1. The maximum Gasteiger partial charge on any atom is 0.219 e. The Morgan fingerprint density at radius 1 is 0.606 bits per heavy atom. The fourth-order valence-corrected chi connectivity index (χ4v) is 11.8. The van der Waals surface area contributed by atoms with Crippen LogP contribution < -0.4 is 15.2 Å². The number of nitrogens with one attached hydrogen (secondary N) is 2. The van der Waals surface area contributed by atoms with Gasteiger partial charge >= 0.3 is 0 Å². The minimum absolute atomic E-state index is 0.196. The van der Waals surface area contributed by atoms with Crippen LogP contribution in [-0.2, 0) is 12.8 Å². The van der Waals surface area contributed by atoms with Crippen LogP contribution in [0.2, 0.25) is 0 Å². The number of nitrogens with zero attached hydrogens (tertiary/aromatic N) is 2. The second-order valence-corrected chi connectivity index (χ2v) is 18.7. The number of aromatic amines is 2. The number of rotatable bonds is 4. The first kappa shape index (κ1) is 37.5. The zero-order valence-corrected chi connectivity index (χ0v) is 37.1. The highest BCUT2D eigenvalue weighted by Crippen LogP contribution is 2.47. The van der Waals surface area contributed by atoms with E-state index in [1.54, 1.807) is 0 Å². The van der Waals surface area contributed by atoms with E-state index in [4.69, 9.17) is 4.42 Å². The molecular weight excluding hydrogens is 805 g/mol. The summed E-state index contributed by atoms with van der Waals surface area (Å²) >= 11 is 0. The Morgan fingerprint density at radius 2 is 1.27 bits per heavy atom. The zero-order chi connectivity index (χ0) is 43.6. The van der Waals surface area contributed by atoms with Crippen molar-refractivity contribution in [1.29, 1.82) is 0 Å². The highest BCUT2D eigenvalue weighted by atomic mass is 16.3. The van der Waals surface area contributed by atoms with Crippen molar-refractivity contribution < 1.29 is 4.42 Å². The van der Waals surface area contributed by atoms with Crippen molar-refractivity contribution in [2.24, 2.45) is 0 Å². The molecule has 7 aromatic carbocycles. The molecule has 1 unspecified atom stereocenters. The summed E-state index contributed by atoms with van der Waals surface area (Å²) in [5.41, 5.74) is 22.1. The molecule has 0 bridgehead atoms. The van der Waals surface area contributed by atoms with Gasteiger partial charge in [-0.25, -0.2) is 0 Å². The summed E-state index contributed by atoms with van der Waals surface area (Å²) in [5.74, 6) is 1.25. The average Bonchev–Trinajstić information content (AvgIpc) is 4.17. The van der Waals surface area contributed by atoms with Crippen LogP contribution in [0.1, 0.15) is 61.6 Å². The normalized spacial score (nSPS) is 16.8. The second-order valence-electron chi connectivity index (χ2n) is 18.7. The number of furan rings is 1. The molecule has 1 atom stereocenters. The van der Waals surface area contributed by atoms with Crippen molar-refractivity contribution in [3.05, 3.63) is 179 Å². The van der Waals surface area contributed by atoms with E-state index in [1.807, 2.05) is 0 Å². The van der Waals surface area contributed by atoms with Gasteiger partial charge in [-0.05, 0) is 140 Å². The van der Waals surface area contributed by atoms with Gasteiger partial charge in [-0.1, -0.05) is 79.7 Å². The maximum atomic E-state index is 6.87. The first-order valence-electron chi connectivity index (χ1n) is 23.6. The van der Waals surface area contributed by atoms with Crippen LogP contribution in [0.15, 0.2) is 150 Å². The molecule has 66 heavy (non-hydrogen) atoms. The van der Waals surface area contributed by atoms with Crippen LogP contribution in [0, 0.1) is 0 Å². The summed E-state index contributed by atoms with van der Waals surface area (Å²) in [7, 11) is 0. The highest BCUT2D eigenvalue weighted by Gasteiger charge is 2.32. The standard InChI is InChI=1S/C61H47N4O/c1-3-42-51-35-41(65-58-19-11-7-15-46(58)50-34-40(23-27-59(50)65)38-21-25-55-48(32-38)44-13-5-9-17-53(44)63-55)30-36(2)61(51)66-60(42)28-29-64-56-18-10-6-14-45(56)49-33-39(22-26-57(49)64)37-20-24-54-47(31-37)43-12-4-8-16-52(43)62-54/h3,5-7,9-11,13-15,17-29,31-36,62-63H,4,8,12,16,30H2,1-2H3/q+1/b42-3-,60-28+,64-29?. The van der Waals surface area contributed by atoms with E-state index >= 15 is 0 Å². The number of para-hydroxylation sites is 3. The summed E-state index contributed by atoms with van der Waals surface area (Å²) in [6.07, 6.45) is 14.7. The van der Waals surface area contributed by atoms with Gasteiger partial charge in [0.25, 0.3) is 0 Å². The Kier molecular flexibility index (Phi) is 8.12. The van der Waals surface area contributed by atoms with E-state index < -0.39 is 0 Å². The first-order chi connectivity index (χ1) is 32.6. The summed E-state index contributed by atoms with van der Waals surface area (Å²) < 4.78 is 11.7. The van der Waals surface area contributed by atoms with Crippen molar-refractivity contribution in [2.75, 3.05) is 0 Å². The number of aryl methyl sites for hydroxylation is 2. The van der Waals surface area contributed by atoms with Crippen molar-refractivity contribution in [3.63, 3.8) is 0 Å². The van der Waals surface area contributed by atoms with E-state index in [0.717, 1.165) is 34.8 Å². The van der Waals surface area contributed by atoms with Gasteiger partial charge in [-0.2, -0.15) is 4.58 Å². The monoisotopic (exact) mass is 851 g/mol. The third kappa shape index (κ3) is 5.56. The molecule has 14 rings (SSSR count). The fraction of sp³-hybridized carbons (Fsp3) is 0.131. The summed E-state index contributed by atoms with van der Waals surface area (Å²) in [5, 5.41) is 7.55. The molecule has 2 N–H and O–H groups in total. The lowest BCUT2D eigenvalue weighted by Crippen LogP contribution is -2.23. The van der Waals surface area contributed by atoms with E-state index in [9.17, 15) is 0 Å². The molecule has 5 heteroatoms. The molecule has 0 fully saturated rings. The lowest BCUT2D eigenvalue weighted by Gasteiger charge is -2.21. The van der Waals surface area contributed by atoms with Crippen LogP contribution in [0.3, 0.4) is 0 Å². The molecule has 316 valence electrons. The van der Waals surface area contributed by atoms with Crippen LogP contribution in [0.5, 0.6) is 0 Å². The van der Waals surface area contributed by atoms with Crippen LogP contribution >= 0.6 is 0 Å². The van der Waals surface area contributed by atoms with Gasteiger partial charge in [0.05, 0.1) is 22.2 Å². The Balaban J connectivity index is 0.852. The lowest BCUT2D eigenvalue weighted by atomic mass is 9.92. The lowest BCUT2D eigenvalue weighted by molar-refractivity contribution is 0.449. The van der Waals surface area contributed by atoms with Crippen molar-refractivity contribution in [3.8, 4) is 33.4 Å². The summed E-state index contributed by atoms with van der Waals surface area (Å²) in [6, 6.07) is 53.9. The molecule has 3 aliphatic rings. The SMILES string of the molecule is C/C=c1/c2c(o/c1=C/C=[N+]1c3ccccc3-c3cc(-c4ccc5[nH]c6c(c5c4)CCCC6)ccc31)C(C)CC(n1c3ccccc3c3cc(-c4ccc5[nH]c6ccccc6c5c4)ccc31)=C2. The Bertz CT molecular complexity index is 4070. The quantitative estimate of drug-likeness (QED) is 0.170. The molecule has 0 saturated heterocycles. The molecule has 0 saturated carbocycles. The second kappa shape index (κ2) is 14.3. The largest absolute Gasteiger partial charge is 0.460 e. The number of allylic oxidation sites excluding steroid dienone is 1. The Labute approximate surface area is 382 Å². The summed E-state index contributed by atoms with van der Waals surface area (Å²) in [4.78, 5) is 7.30. The number of benzene rings is 7. The predicted molar refractivity (Wildman–Crippen MR) is 277 cm³/mol. The summed E-state index contributed by atoms with van der Waals surface area (Å²) in [6.45, 7) is 4.44. The molecular formula is C61H47N4O+. The van der Waals surface area contributed by atoms with Gasteiger partial charge in [0, 0.05) is 89.8 Å². The third-order valence-electron chi connectivity index (χ3n) is 14.9. The van der Waals surface area contributed by atoms with Crippen molar-refractivity contribution >= 4 is 96.0 Å².